The predicted molar refractivity (Wildman–Crippen MR) is 68.7 cm³/mol. The van der Waals surface area contributed by atoms with E-state index in [4.69, 9.17) is 4.74 Å². The van der Waals surface area contributed by atoms with Crippen LogP contribution in [-0.2, 0) is 4.74 Å². The minimum atomic E-state index is 0.396. The third kappa shape index (κ3) is 4.33. The Morgan fingerprint density at radius 3 is 2.38 bits per heavy atom. The van der Waals surface area contributed by atoms with Crippen LogP contribution in [0, 0.1) is 6.92 Å². The third-order valence-electron chi connectivity index (χ3n) is 2.87. The van der Waals surface area contributed by atoms with Crippen molar-refractivity contribution in [1.29, 1.82) is 0 Å². The van der Waals surface area contributed by atoms with E-state index >= 15 is 0 Å². The van der Waals surface area contributed by atoms with Crippen LogP contribution in [0.4, 0.5) is 0 Å². The first-order chi connectivity index (χ1) is 7.63. The number of ether oxygens (including phenoxy) is 1. The Morgan fingerprint density at radius 1 is 1.19 bits per heavy atom. The summed E-state index contributed by atoms with van der Waals surface area (Å²) in [5, 5.41) is 3.57. The van der Waals surface area contributed by atoms with Gasteiger partial charge in [-0.25, -0.2) is 0 Å². The van der Waals surface area contributed by atoms with Gasteiger partial charge in [-0.2, -0.15) is 0 Å². The van der Waals surface area contributed by atoms with E-state index in [1.54, 1.807) is 7.11 Å². The smallest absolute Gasteiger partial charge is 0.0476 e. The van der Waals surface area contributed by atoms with Gasteiger partial charge in [-0.05, 0) is 32.8 Å². The highest BCUT2D eigenvalue weighted by Crippen LogP contribution is 2.14. The molecule has 0 aromatic heterocycles. The Morgan fingerprint density at radius 2 is 1.81 bits per heavy atom. The number of hydrogen-bond acceptors (Lipinski definition) is 2. The molecule has 90 valence electrons. The quantitative estimate of drug-likeness (QED) is 0.797. The van der Waals surface area contributed by atoms with Gasteiger partial charge in [0.15, 0.2) is 0 Å². The van der Waals surface area contributed by atoms with Crippen LogP contribution < -0.4 is 5.32 Å². The molecule has 0 saturated heterocycles. The molecular formula is C14H23NO. The molecule has 0 fully saturated rings. The zero-order chi connectivity index (χ0) is 12.0. The summed E-state index contributed by atoms with van der Waals surface area (Å²) in [5.41, 5.74) is 2.65. The van der Waals surface area contributed by atoms with Crippen molar-refractivity contribution in [2.24, 2.45) is 0 Å². The summed E-state index contributed by atoms with van der Waals surface area (Å²) in [6.45, 7) is 7.33. The Hall–Kier alpha value is -0.860. The van der Waals surface area contributed by atoms with Crippen LogP contribution in [0.2, 0.25) is 0 Å². The maximum Gasteiger partial charge on any atom is 0.0476 e. The largest absolute Gasteiger partial charge is 0.385 e. The monoisotopic (exact) mass is 221 g/mol. The lowest BCUT2D eigenvalue weighted by atomic mass is 10.1. The van der Waals surface area contributed by atoms with Gasteiger partial charge in [0.1, 0.15) is 0 Å². The molecule has 0 bridgehead atoms. The topological polar surface area (TPSA) is 21.3 Å². The summed E-state index contributed by atoms with van der Waals surface area (Å²) in [6.07, 6.45) is 1.05. The van der Waals surface area contributed by atoms with Crippen LogP contribution in [0.15, 0.2) is 24.3 Å². The molecule has 1 unspecified atom stereocenters. The zero-order valence-corrected chi connectivity index (χ0v) is 10.8. The van der Waals surface area contributed by atoms with E-state index in [1.807, 2.05) is 0 Å². The lowest BCUT2D eigenvalue weighted by Crippen LogP contribution is -2.29. The van der Waals surface area contributed by atoms with Crippen LogP contribution in [0.1, 0.15) is 37.4 Å². The average Bonchev–Trinajstić information content (AvgIpc) is 2.27. The first kappa shape index (κ1) is 13.2. The van der Waals surface area contributed by atoms with E-state index in [9.17, 15) is 0 Å². The molecule has 0 aliphatic heterocycles. The highest BCUT2D eigenvalue weighted by molar-refractivity contribution is 5.23. The van der Waals surface area contributed by atoms with E-state index in [0.29, 0.717) is 12.1 Å². The lowest BCUT2D eigenvalue weighted by molar-refractivity contribution is 0.183. The number of nitrogens with one attached hydrogen (secondary N) is 1. The summed E-state index contributed by atoms with van der Waals surface area (Å²) < 4.78 is 5.08. The molecule has 0 spiro atoms. The molecule has 0 heterocycles. The summed E-state index contributed by atoms with van der Waals surface area (Å²) in [5.74, 6) is 0. The molecule has 1 N–H and O–H groups in total. The van der Waals surface area contributed by atoms with Gasteiger partial charge >= 0.3 is 0 Å². The minimum Gasteiger partial charge on any atom is -0.385 e. The number of hydrogen-bond donors (Lipinski definition) is 1. The minimum absolute atomic E-state index is 0.396. The Balaban J connectivity index is 2.45. The Kier molecular flexibility index (Phi) is 5.50. The van der Waals surface area contributed by atoms with Crippen LogP contribution >= 0.6 is 0 Å². The van der Waals surface area contributed by atoms with Crippen molar-refractivity contribution in [2.75, 3.05) is 13.7 Å². The molecule has 0 radical (unpaired) electrons. The highest BCUT2D eigenvalue weighted by atomic mass is 16.5. The van der Waals surface area contributed by atoms with Gasteiger partial charge in [-0.15, -0.1) is 0 Å². The maximum atomic E-state index is 5.08. The van der Waals surface area contributed by atoms with Gasteiger partial charge < -0.3 is 10.1 Å². The summed E-state index contributed by atoms with van der Waals surface area (Å²) in [6, 6.07) is 9.58. The standard InChI is InChI=1S/C14H23NO/c1-11-5-7-14(8-6-11)13(3)15-12(2)9-10-16-4/h5-8,12-13,15H,9-10H2,1-4H3/t12?,13-/m0/s1. The lowest BCUT2D eigenvalue weighted by Gasteiger charge is -2.20. The van der Waals surface area contributed by atoms with E-state index in [0.717, 1.165) is 13.0 Å². The van der Waals surface area contributed by atoms with Crippen LogP contribution in [0.25, 0.3) is 0 Å². The predicted octanol–water partition coefficient (Wildman–Crippen LogP) is 3.07. The molecule has 0 aliphatic carbocycles. The zero-order valence-electron chi connectivity index (χ0n) is 10.8. The molecule has 0 saturated carbocycles. The fourth-order valence-electron chi connectivity index (χ4n) is 1.76. The summed E-state index contributed by atoms with van der Waals surface area (Å²) in [4.78, 5) is 0. The molecule has 2 nitrogen and oxygen atoms in total. The number of rotatable bonds is 6. The normalized spacial score (nSPS) is 14.8. The fraction of sp³-hybridized carbons (Fsp3) is 0.571. The second-order valence-corrected chi connectivity index (χ2v) is 4.48. The van der Waals surface area contributed by atoms with Gasteiger partial charge in [0.05, 0.1) is 0 Å². The maximum absolute atomic E-state index is 5.08. The van der Waals surface area contributed by atoms with Gasteiger partial charge in [-0.1, -0.05) is 29.8 Å². The third-order valence-corrected chi connectivity index (χ3v) is 2.87. The molecule has 1 aromatic carbocycles. The van der Waals surface area contributed by atoms with Crippen LogP contribution in [0.5, 0.6) is 0 Å². The van der Waals surface area contributed by atoms with Gasteiger partial charge in [-0.3, -0.25) is 0 Å². The van der Waals surface area contributed by atoms with Gasteiger partial charge in [0.25, 0.3) is 0 Å². The molecule has 1 aromatic rings. The van der Waals surface area contributed by atoms with Gasteiger partial charge in [0, 0.05) is 25.8 Å². The molecule has 0 amide bonds. The Labute approximate surface area is 99.0 Å². The van der Waals surface area contributed by atoms with E-state index in [2.05, 4.69) is 50.4 Å². The van der Waals surface area contributed by atoms with E-state index in [1.165, 1.54) is 11.1 Å². The van der Waals surface area contributed by atoms with Crippen molar-refractivity contribution in [3.8, 4) is 0 Å². The van der Waals surface area contributed by atoms with Crippen molar-refractivity contribution in [3.63, 3.8) is 0 Å². The molecular weight excluding hydrogens is 198 g/mol. The van der Waals surface area contributed by atoms with Gasteiger partial charge in [0.2, 0.25) is 0 Å². The average molecular weight is 221 g/mol. The number of methoxy groups -OCH3 is 1. The van der Waals surface area contributed by atoms with E-state index in [-0.39, 0.29) is 0 Å². The van der Waals surface area contributed by atoms with Crippen molar-refractivity contribution >= 4 is 0 Å². The second-order valence-electron chi connectivity index (χ2n) is 4.48. The van der Waals surface area contributed by atoms with Crippen molar-refractivity contribution < 1.29 is 4.74 Å². The molecule has 1 rings (SSSR count). The molecule has 2 atom stereocenters. The van der Waals surface area contributed by atoms with Crippen LogP contribution in [-0.4, -0.2) is 19.8 Å². The molecule has 0 aliphatic rings. The van der Waals surface area contributed by atoms with E-state index < -0.39 is 0 Å². The van der Waals surface area contributed by atoms with Crippen molar-refractivity contribution in [3.05, 3.63) is 35.4 Å². The van der Waals surface area contributed by atoms with Crippen molar-refractivity contribution in [1.82, 2.24) is 5.32 Å². The second kappa shape index (κ2) is 6.66. The molecule has 16 heavy (non-hydrogen) atoms. The molecule has 2 heteroatoms. The summed E-state index contributed by atoms with van der Waals surface area (Å²) in [7, 11) is 1.75. The first-order valence-corrected chi connectivity index (χ1v) is 5.95. The Bertz CT molecular complexity index is 294. The number of benzene rings is 1. The fourth-order valence-corrected chi connectivity index (χ4v) is 1.76. The SMILES string of the molecule is COCCC(C)N[C@@H](C)c1ccc(C)cc1. The van der Waals surface area contributed by atoms with Crippen molar-refractivity contribution in [2.45, 2.75) is 39.3 Å². The highest BCUT2D eigenvalue weighted by Gasteiger charge is 2.08. The number of aryl methyl sites for hydroxylation is 1. The summed E-state index contributed by atoms with van der Waals surface area (Å²) >= 11 is 0. The van der Waals surface area contributed by atoms with Crippen LogP contribution in [0.3, 0.4) is 0 Å². The first-order valence-electron chi connectivity index (χ1n) is 5.95.